The number of rotatable bonds is 3. The zero-order valence-corrected chi connectivity index (χ0v) is 4.12. The Morgan fingerprint density at radius 1 is 1.71 bits per heavy atom. The van der Waals surface area contributed by atoms with Gasteiger partial charge in [0.25, 0.3) is 0 Å². The van der Waals surface area contributed by atoms with Gasteiger partial charge in [0.1, 0.15) is 0 Å². The van der Waals surface area contributed by atoms with Gasteiger partial charge in [0.05, 0.1) is 0 Å². The highest BCUT2D eigenvalue weighted by Gasteiger charge is 1.97. The molecule has 0 atom stereocenters. The lowest BCUT2D eigenvalue weighted by Gasteiger charge is -1.88. The maximum Gasteiger partial charge on any atom is 0.660 e. The van der Waals surface area contributed by atoms with Gasteiger partial charge in [-0.3, -0.25) is 0 Å². The van der Waals surface area contributed by atoms with Crippen molar-refractivity contribution in [3.63, 3.8) is 0 Å². The average Bonchev–Trinajstić information content (AvgIpc) is 1.61. The normalized spacial score (nSPS) is 8.14. The minimum absolute atomic E-state index is 1.42. The summed E-state index contributed by atoms with van der Waals surface area (Å²) >= 11 is 0. The summed E-state index contributed by atoms with van der Waals surface area (Å²) in [5, 5.41) is 11.6. The van der Waals surface area contributed by atoms with Gasteiger partial charge in [0, 0.05) is 0 Å². The predicted molar refractivity (Wildman–Crippen MR) is 16.6 cm³/mol. The first-order chi connectivity index (χ1) is 3.27. The summed E-state index contributed by atoms with van der Waals surface area (Å²) in [6.07, 6.45) is 0. The van der Waals surface area contributed by atoms with Gasteiger partial charge in [-0.2, -0.15) is 0 Å². The highest BCUT2D eigenvalue weighted by Crippen LogP contribution is 1.57. The standard InChI is InChI=1S/H3NO5Si/c2-6-5-1-7(3)4/h1-3H. The molecule has 6 nitrogen and oxygen atoms in total. The van der Waals surface area contributed by atoms with Crippen molar-refractivity contribution < 1.29 is 24.5 Å². The summed E-state index contributed by atoms with van der Waals surface area (Å²) in [6, 6.07) is 0. The smallest absolute Gasteiger partial charge is 0.524 e. The number of nitrogens with one attached hydrogen (secondary N) is 1. The SMILES string of the molecule is O=[Si](O)NOOO. The van der Waals surface area contributed by atoms with E-state index in [1.54, 1.807) is 0 Å². The first-order valence-electron chi connectivity index (χ1n) is 1.23. The molecule has 0 amide bonds. The third-order valence-corrected chi connectivity index (χ3v) is 0.424. The van der Waals surface area contributed by atoms with Crippen molar-refractivity contribution in [1.82, 2.24) is 5.15 Å². The van der Waals surface area contributed by atoms with Gasteiger partial charge < -0.3 is 9.26 Å². The summed E-state index contributed by atoms with van der Waals surface area (Å²) in [4.78, 5) is 11.2. The van der Waals surface area contributed by atoms with Crippen LogP contribution in [-0.4, -0.2) is 19.1 Å². The summed E-state index contributed by atoms with van der Waals surface area (Å²) in [7, 11) is -2.90. The summed E-state index contributed by atoms with van der Waals surface area (Å²) < 4.78 is 9.52. The van der Waals surface area contributed by atoms with Gasteiger partial charge >= 0.3 is 9.09 Å². The summed E-state index contributed by atoms with van der Waals surface area (Å²) in [6.45, 7) is 0. The minimum atomic E-state index is -2.90. The Morgan fingerprint density at radius 2 is 2.29 bits per heavy atom. The molecule has 0 aromatic carbocycles. The van der Waals surface area contributed by atoms with Crippen LogP contribution in [0.15, 0.2) is 0 Å². The van der Waals surface area contributed by atoms with Gasteiger partial charge in [-0.15, -0.1) is 0 Å². The van der Waals surface area contributed by atoms with Crippen molar-refractivity contribution in [2.24, 2.45) is 0 Å². The lowest BCUT2D eigenvalue weighted by atomic mass is 13.5. The molecule has 3 N–H and O–H groups in total. The second-order valence-corrected chi connectivity index (χ2v) is 1.38. The molecule has 0 aromatic heterocycles. The quantitative estimate of drug-likeness (QED) is 0.237. The average molecular weight is 125 g/mol. The van der Waals surface area contributed by atoms with Gasteiger partial charge in [-0.25, -0.2) is 10.4 Å². The van der Waals surface area contributed by atoms with E-state index in [0.29, 0.717) is 0 Å². The van der Waals surface area contributed by atoms with Crippen LogP contribution in [0.4, 0.5) is 0 Å². The van der Waals surface area contributed by atoms with Gasteiger partial charge in [0.2, 0.25) is 0 Å². The maximum atomic E-state index is 9.52. The number of hydrogen-bond donors (Lipinski definition) is 3. The fourth-order valence-electron chi connectivity index (χ4n) is 0.0543. The molecular formula is H3NO5Si. The molecule has 7 heteroatoms. The summed E-state index contributed by atoms with van der Waals surface area (Å²) in [5.74, 6) is 0. The van der Waals surface area contributed by atoms with E-state index in [2.05, 4.69) is 10.0 Å². The molecule has 0 aliphatic rings. The third kappa shape index (κ3) is 5.50. The van der Waals surface area contributed by atoms with Gasteiger partial charge in [-0.1, -0.05) is 4.99 Å². The molecule has 0 spiro atoms. The molecule has 0 unspecified atom stereocenters. The fourth-order valence-corrected chi connectivity index (χ4v) is 0.163. The van der Waals surface area contributed by atoms with Gasteiger partial charge in [0.15, 0.2) is 0 Å². The van der Waals surface area contributed by atoms with E-state index in [9.17, 15) is 4.46 Å². The highest BCUT2D eigenvalue weighted by atomic mass is 28.3. The fraction of sp³-hybridized carbons (Fsp3) is 0. The molecule has 0 radical (unpaired) electrons. The van der Waals surface area contributed by atoms with Crippen LogP contribution in [0.2, 0.25) is 0 Å². The van der Waals surface area contributed by atoms with Crippen LogP contribution in [0.1, 0.15) is 0 Å². The topological polar surface area (TPSA) is 88.0 Å². The molecule has 0 aliphatic heterocycles. The summed E-state index contributed by atoms with van der Waals surface area (Å²) in [5.41, 5.74) is 0. The van der Waals surface area contributed by atoms with E-state index < -0.39 is 9.09 Å². The second kappa shape index (κ2) is 3.68. The van der Waals surface area contributed by atoms with E-state index in [0.717, 1.165) is 0 Å². The molecule has 0 aromatic rings. The molecule has 7 heavy (non-hydrogen) atoms. The molecular weight excluding hydrogens is 122 g/mol. The van der Waals surface area contributed by atoms with E-state index in [4.69, 9.17) is 10.1 Å². The highest BCUT2D eigenvalue weighted by molar-refractivity contribution is 6.28. The number of hydrogen-bond acceptors (Lipinski definition) is 4. The van der Waals surface area contributed by atoms with E-state index in [-0.39, 0.29) is 0 Å². The molecule has 0 heterocycles. The van der Waals surface area contributed by atoms with Crippen LogP contribution in [-0.2, 0) is 14.5 Å². The molecule has 0 saturated carbocycles. The van der Waals surface area contributed by atoms with E-state index in [1.165, 1.54) is 5.15 Å². The second-order valence-electron chi connectivity index (χ2n) is 0.565. The lowest BCUT2D eigenvalue weighted by molar-refractivity contribution is -0.506. The largest absolute Gasteiger partial charge is 0.660 e. The van der Waals surface area contributed by atoms with Crippen LogP contribution >= 0.6 is 0 Å². The van der Waals surface area contributed by atoms with Crippen molar-refractivity contribution in [1.29, 1.82) is 0 Å². The van der Waals surface area contributed by atoms with Crippen LogP contribution in [0.3, 0.4) is 0 Å². The molecule has 0 aliphatic carbocycles. The van der Waals surface area contributed by atoms with Crippen molar-refractivity contribution in [2.75, 3.05) is 0 Å². The van der Waals surface area contributed by atoms with E-state index in [1.807, 2.05) is 0 Å². The first-order valence-corrected chi connectivity index (χ1v) is 2.59. The third-order valence-electron chi connectivity index (χ3n) is 0.166. The Labute approximate surface area is 40.0 Å². The first kappa shape index (κ1) is 6.50. The predicted octanol–water partition coefficient (Wildman–Crippen LogP) is -1.68. The Kier molecular flexibility index (Phi) is 3.41. The monoisotopic (exact) mass is 125 g/mol. The molecule has 0 bridgehead atoms. The van der Waals surface area contributed by atoms with Crippen molar-refractivity contribution in [3.8, 4) is 0 Å². The van der Waals surface area contributed by atoms with Crippen molar-refractivity contribution >= 4 is 9.09 Å². The molecule has 0 rings (SSSR count). The zero-order valence-electron chi connectivity index (χ0n) is 3.12. The van der Waals surface area contributed by atoms with Crippen LogP contribution < -0.4 is 5.15 Å². The maximum absolute atomic E-state index is 9.52. The molecule has 42 valence electrons. The Bertz CT molecular complexity index is 61.1. The lowest BCUT2D eigenvalue weighted by Crippen LogP contribution is -2.24. The van der Waals surface area contributed by atoms with Crippen LogP contribution in [0.25, 0.3) is 0 Å². The van der Waals surface area contributed by atoms with Crippen molar-refractivity contribution in [2.45, 2.75) is 0 Å². The van der Waals surface area contributed by atoms with E-state index >= 15 is 0 Å². The Hall–Kier alpha value is -0.503. The van der Waals surface area contributed by atoms with Crippen LogP contribution in [0, 0.1) is 0 Å². The molecule has 0 saturated heterocycles. The minimum Gasteiger partial charge on any atom is -0.524 e. The zero-order chi connectivity index (χ0) is 5.70. The Morgan fingerprint density at radius 3 is 2.43 bits per heavy atom. The Balaban J connectivity index is 2.82. The van der Waals surface area contributed by atoms with Crippen molar-refractivity contribution in [3.05, 3.63) is 0 Å². The molecule has 0 fully saturated rings. The van der Waals surface area contributed by atoms with Gasteiger partial charge in [-0.05, 0) is 5.04 Å². The van der Waals surface area contributed by atoms with Crippen LogP contribution in [0.5, 0.6) is 0 Å².